The normalized spacial score (nSPS) is 14.3. The van der Waals surface area contributed by atoms with Crippen LogP contribution in [0, 0.1) is 6.92 Å². The molecule has 1 aliphatic heterocycles. The summed E-state index contributed by atoms with van der Waals surface area (Å²) >= 11 is 7.66. The van der Waals surface area contributed by atoms with Crippen LogP contribution >= 0.6 is 22.9 Å². The molecule has 0 aliphatic carbocycles. The first-order chi connectivity index (χ1) is 14.0. The number of thiophene rings is 1. The molecule has 3 aromatic rings. The zero-order valence-corrected chi connectivity index (χ0v) is 17.6. The molecule has 0 unspecified atom stereocenters. The van der Waals surface area contributed by atoms with Crippen molar-refractivity contribution in [3.63, 3.8) is 0 Å². The number of hydrogen-bond acceptors (Lipinski definition) is 5. The van der Waals surface area contributed by atoms with E-state index in [1.165, 1.54) is 28.3 Å². The number of halogens is 1. The van der Waals surface area contributed by atoms with Crippen LogP contribution in [0.2, 0.25) is 5.02 Å². The van der Waals surface area contributed by atoms with Gasteiger partial charge in [0.25, 0.3) is 5.56 Å². The van der Waals surface area contributed by atoms with Gasteiger partial charge in [0.15, 0.2) is 0 Å². The molecule has 0 N–H and O–H groups in total. The molecule has 150 valence electrons. The maximum absolute atomic E-state index is 12.7. The predicted octanol–water partition coefficient (Wildman–Crippen LogP) is 3.28. The quantitative estimate of drug-likeness (QED) is 0.639. The lowest BCUT2D eigenvalue weighted by molar-refractivity contribution is -0.132. The summed E-state index contributed by atoms with van der Waals surface area (Å²) in [6.07, 6.45) is 1.46. The van der Waals surface area contributed by atoms with Crippen LogP contribution in [0.3, 0.4) is 0 Å². The Labute approximate surface area is 178 Å². The van der Waals surface area contributed by atoms with Crippen molar-refractivity contribution in [2.24, 2.45) is 0 Å². The van der Waals surface area contributed by atoms with E-state index in [4.69, 9.17) is 11.6 Å². The highest BCUT2D eigenvalue weighted by molar-refractivity contribution is 7.13. The van der Waals surface area contributed by atoms with E-state index in [-0.39, 0.29) is 18.0 Å². The molecule has 0 radical (unpaired) electrons. The van der Waals surface area contributed by atoms with Gasteiger partial charge in [-0.05, 0) is 36.1 Å². The minimum Gasteiger partial charge on any atom is -0.368 e. The molecule has 29 heavy (non-hydrogen) atoms. The molecule has 0 saturated carbocycles. The van der Waals surface area contributed by atoms with E-state index in [9.17, 15) is 9.59 Å². The number of carbonyl (C=O) groups is 1. The highest BCUT2D eigenvalue weighted by atomic mass is 35.5. The molecule has 6 nitrogen and oxygen atoms in total. The molecule has 1 aromatic carbocycles. The van der Waals surface area contributed by atoms with Crippen LogP contribution in [-0.4, -0.2) is 46.5 Å². The van der Waals surface area contributed by atoms with Gasteiger partial charge in [-0.1, -0.05) is 23.7 Å². The lowest BCUT2D eigenvalue weighted by Gasteiger charge is -2.37. The van der Waals surface area contributed by atoms with E-state index in [0.717, 1.165) is 29.2 Å². The summed E-state index contributed by atoms with van der Waals surface area (Å²) in [6, 6.07) is 11.2. The summed E-state index contributed by atoms with van der Waals surface area (Å²) in [5, 5.41) is 2.65. The van der Waals surface area contributed by atoms with Crippen molar-refractivity contribution in [3.05, 3.63) is 69.0 Å². The fraction of sp³-hybridized carbons (Fsp3) is 0.286. The third-order valence-corrected chi connectivity index (χ3v) is 6.23. The van der Waals surface area contributed by atoms with Crippen molar-refractivity contribution in [2.45, 2.75) is 13.5 Å². The molecule has 1 amide bonds. The summed E-state index contributed by atoms with van der Waals surface area (Å²) in [5.41, 5.74) is 2.69. The zero-order valence-electron chi connectivity index (χ0n) is 16.0. The van der Waals surface area contributed by atoms with Gasteiger partial charge in [-0.3, -0.25) is 14.2 Å². The average molecular weight is 429 g/mol. The number of nitrogens with zero attached hydrogens (tertiary/aromatic N) is 4. The summed E-state index contributed by atoms with van der Waals surface area (Å²) in [5.74, 6) is -0.0692. The molecule has 8 heteroatoms. The number of anilines is 1. The molecule has 3 heterocycles. The third-order valence-electron chi connectivity index (χ3n) is 5.10. The van der Waals surface area contributed by atoms with Crippen LogP contribution in [0.1, 0.15) is 5.56 Å². The van der Waals surface area contributed by atoms with E-state index in [1.54, 1.807) is 4.90 Å². The smallest absolute Gasteiger partial charge is 0.254 e. The third kappa shape index (κ3) is 4.36. The van der Waals surface area contributed by atoms with Crippen molar-refractivity contribution in [2.75, 3.05) is 31.1 Å². The van der Waals surface area contributed by atoms with Crippen LogP contribution in [0.15, 0.2) is 52.9 Å². The molecule has 1 fully saturated rings. The Morgan fingerprint density at radius 2 is 1.97 bits per heavy atom. The maximum Gasteiger partial charge on any atom is 0.254 e. The number of amides is 1. The second kappa shape index (κ2) is 8.39. The Kier molecular flexibility index (Phi) is 5.69. The SMILES string of the molecule is Cc1ccc(Cl)cc1N1CCN(C(=O)Cn2cnc(-c3cccs3)cc2=O)CC1. The number of aryl methyl sites for hydroxylation is 1. The Morgan fingerprint density at radius 1 is 1.17 bits per heavy atom. The average Bonchev–Trinajstić information content (AvgIpc) is 3.26. The van der Waals surface area contributed by atoms with Crippen molar-refractivity contribution >= 4 is 34.5 Å². The van der Waals surface area contributed by atoms with Gasteiger partial charge < -0.3 is 9.80 Å². The zero-order chi connectivity index (χ0) is 20.4. The van der Waals surface area contributed by atoms with Crippen LogP contribution in [0.25, 0.3) is 10.6 Å². The first-order valence-electron chi connectivity index (χ1n) is 9.40. The molecule has 1 aliphatic rings. The van der Waals surface area contributed by atoms with Crippen molar-refractivity contribution in [1.29, 1.82) is 0 Å². The standard InChI is InChI=1S/C21H21ClN4O2S/c1-15-4-5-16(22)11-18(15)24-6-8-25(9-7-24)21(28)13-26-14-23-17(12-20(26)27)19-3-2-10-29-19/h2-5,10-12,14H,6-9,13H2,1H3. The Bertz CT molecular complexity index is 1070. The van der Waals surface area contributed by atoms with Gasteiger partial charge in [0.2, 0.25) is 5.91 Å². The second-order valence-electron chi connectivity index (χ2n) is 7.02. The fourth-order valence-electron chi connectivity index (χ4n) is 3.47. The van der Waals surface area contributed by atoms with E-state index in [1.807, 2.05) is 35.7 Å². The van der Waals surface area contributed by atoms with Crippen LogP contribution < -0.4 is 10.5 Å². The van der Waals surface area contributed by atoms with Crippen molar-refractivity contribution in [3.8, 4) is 10.6 Å². The lowest BCUT2D eigenvalue weighted by atomic mass is 10.1. The van der Waals surface area contributed by atoms with Gasteiger partial charge in [-0.2, -0.15) is 0 Å². The van der Waals surface area contributed by atoms with Gasteiger partial charge >= 0.3 is 0 Å². The minimum atomic E-state index is -0.218. The largest absolute Gasteiger partial charge is 0.368 e. The van der Waals surface area contributed by atoms with E-state index in [2.05, 4.69) is 16.8 Å². The first-order valence-corrected chi connectivity index (χ1v) is 10.7. The van der Waals surface area contributed by atoms with Crippen LogP contribution in [0.4, 0.5) is 5.69 Å². The first kappa shape index (κ1) is 19.7. The monoisotopic (exact) mass is 428 g/mol. The Balaban J connectivity index is 1.39. The Hall–Kier alpha value is -2.64. The highest BCUT2D eigenvalue weighted by Crippen LogP contribution is 2.25. The summed E-state index contributed by atoms with van der Waals surface area (Å²) in [4.78, 5) is 34.4. The number of rotatable bonds is 4. The molecule has 0 bridgehead atoms. The molecule has 4 rings (SSSR count). The van der Waals surface area contributed by atoms with Gasteiger partial charge in [-0.25, -0.2) is 4.98 Å². The molecule has 0 atom stereocenters. The Morgan fingerprint density at radius 3 is 2.66 bits per heavy atom. The van der Waals surface area contributed by atoms with Gasteiger partial charge in [0.1, 0.15) is 6.54 Å². The van der Waals surface area contributed by atoms with Crippen LogP contribution in [-0.2, 0) is 11.3 Å². The summed E-state index contributed by atoms with van der Waals surface area (Å²) in [6.45, 7) is 4.75. The molecule has 0 spiro atoms. The molecular formula is C21H21ClN4O2S. The minimum absolute atomic E-state index is 0.00669. The van der Waals surface area contributed by atoms with Gasteiger partial charge in [0.05, 0.1) is 16.9 Å². The second-order valence-corrected chi connectivity index (χ2v) is 8.40. The van der Waals surface area contributed by atoms with E-state index >= 15 is 0 Å². The number of hydrogen-bond donors (Lipinski definition) is 0. The number of benzene rings is 1. The molecule has 1 saturated heterocycles. The fourth-order valence-corrected chi connectivity index (χ4v) is 4.33. The molecular weight excluding hydrogens is 408 g/mol. The summed E-state index contributed by atoms with van der Waals surface area (Å²) in [7, 11) is 0. The lowest BCUT2D eigenvalue weighted by Crippen LogP contribution is -2.50. The van der Waals surface area contributed by atoms with Crippen molar-refractivity contribution in [1.82, 2.24) is 14.5 Å². The van der Waals surface area contributed by atoms with E-state index < -0.39 is 0 Å². The van der Waals surface area contributed by atoms with Gasteiger partial charge in [0, 0.05) is 43.0 Å². The van der Waals surface area contributed by atoms with E-state index in [0.29, 0.717) is 23.8 Å². The topological polar surface area (TPSA) is 58.4 Å². The van der Waals surface area contributed by atoms with Gasteiger partial charge in [-0.15, -0.1) is 11.3 Å². The molecule has 2 aromatic heterocycles. The maximum atomic E-state index is 12.7. The highest BCUT2D eigenvalue weighted by Gasteiger charge is 2.22. The van der Waals surface area contributed by atoms with Crippen LogP contribution in [0.5, 0.6) is 0 Å². The number of aromatic nitrogens is 2. The predicted molar refractivity (Wildman–Crippen MR) is 117 cm³/mol. The number of carbonyl (C=O) groups excluding carboxylic acids is 1. The number of piperazine rings is 1. The summed E-state index contributed by atoms with van der Waals surface area (Å²) < 4.78 is 1.37. The van der Waals surface area contributed by atoms with Crippen molar-refractivity contribution < 1.29 is 4.79 Å².